The molecule has 4 nitrogen and oxygen atoms in total. The molecule has 0 N–H and O–H groups in total. The molecule has 2 aliphatic heterocycles. The van der Waals surface area contributed by atoms with Gasteiger partial charge in [-0.1, -0.05) is 46.3 Å². The SMILES string of the molecule is O=C1CS[C@]2(C(=O)N(Cc3cccc(F)c3)c3ccccc32)N1c1ccc(Br)cc1. The number of fused-ring (bicyclic) bond motifs is 2. The van der Waals surface area contributed by atoms with Crippen molar-refractivity contribution in [1.29, 1.82) is 0 Å². The normalized spacial score (nSPS) is 20.3. The van der Waals surface area contributed by atoms with Crippen molar-refractivity contribution in [1.82, 2.24) is 0 Å². The summed E-state index contributed by atoms with van der Waals surface area (Å²) in [5, 5.41) is 0. The Kier molecular flexibility index (Phi) is 4.67. The highest BCUT2D eigenvalue weighted by atomic mass is 79.9. The lowest BCUT2D eigenvalue weighted by molar-refractivity contribution is -0.123. The van der Waals surface area contributed by atoms with E-state index in [1.165, 1.54) is 23.9 Å². The van der Waals surface area contributed by atoms with Crippen LogP contribution >= 0.6 is 27.7 Å². The van der Waals surface area contributed by atoms with Crippen molar-refractivity contribution in [2.24, 2.45) is 0 Å². The number of anilines is 2. The minimum absolute atomic E-state index is 0.113. The minimum Gasteiger partial charge on any atom is -0.304 e. The molecule has 0 unspecified atom stereocenters. The van der Waals surface area contributed by atoms with E-state index in [9.17, 15) is 14.0 Å². The summed E-state index contributed by atoms with van der Waals surface area (Å²) in [5.74, 6) is -0.432. The van der Waals surface area contributed by atoms with E-state index in [4.69, 9.17) is 0 Å². The quantitative estimate of drug-likeness (QED) is 0.523. The number of para-hydroxylation sites is 1. The van der Waals surface area contributed by atoms with Crippen molar-refractivity contribution in [2.45, 2.75) is 11.4 Å². The lowest BCUT2D eigenvalue weighted by Gasteiger charge is -2.33. The van der Waals surface area contributed by atoms with Gasteiger partial charge >= 0.3 is 0 Å². The third-order valence-electron chi connectivity index (χ3n) is 5.38. The van der Waals surface area contributed by atoms with E-state index >= 15 is 0 Å². The average molecular weight is 483 g/mol. The second-order valence-corrected chi connectivity index (χ2v) is 9.26. The van der Waals surface area contributed by atoms with Crippen molar-refractivity contribution in [2.75, 3.05) is 15.6 Å². The van der Waals surface area contributed by atoms with Crippen LogP contribution < -0.4 is 9.80 Å². The number of hydrogen-bond donors (Lipinski definition) is 0. The predicted molar refractivity (Wildman–Crippen MR) is 120 cm³/mol. The predicted octanol–water partition coefficient (Wildman–Crippen LogP) is 5.07. The second kappa shape index (κ2) is 7.25. The molecular weight excluding hydrogens is 467 g/mol. The van der Waals surface area contributed by atoms with Crippen molar-refractivity contribution in [3.05, 3.63) is 94.2 Å². The molecule has 150 valence electrons. The van der Waals surface area contributed by atoms with Crippen LogP contribution in [-0.2, 0) is 21.0 Å². The molecule has 5 rings (SSSR count). The summed E-state index contributed by atoms with van der Waals surface area (Å²) in [4.78, 5) is 28.9. The number of nitrogens with zero attached hydrogens (tertiary/aromatic N) is 2. The number of halogens is 2. The first-order valence-corrected chi connectivity index (χ1v) is 11.2. The molecule has 0 saturated carbocycles. The van der Waals surface area contributed by atoms with E-state index in [0.29, 0.717) is 11.3 Å². The molecule has 1 fully saturated rings. The Morgan fingerprint density at radius 2 is 1.77 bits per heavy atom. The van der Waals surface area contributed by atoms with Gasteiger partial charge in [0.15, 0.2) is 0 Å². The van der Waals surface area contributed by atoms with E-state index in [0.717, 1.165) is 15.7 Å². The third-order valence-corrected chi connectivity index (χ3v) is 7.29. The van der Waals surface area contributed by atoms with Crippen LogP contribution in [-0.4, -0.2) is 17.6 Å². The standard InChI is InChI=1S/C23H16BrFN2O2S/c24-16-8-10-18(11-9-16)27-21(28)14-30-23(27)19-6-1-2-7-20(19)26(22(23)29)13-15-4-3-5-17(25)12-15/h1-12H,13-14H2/t23-/m1/s1. The molecule has 3 aromatic rings. The first-order chi connectivity index (χ1) is 14.5. The number of carbonyl (C=O) groups excluding carboxylic acids is 2. The maximum Gasteiger partial charge on any atom is 0.269 e. The van der Waals surface area contributed by atoms with Gasteiger partial charge in [0.05, 0.1) is 18.0 Å². The van der Waals surface area contributed by atoms with Gasteiger partial charge in [0, 0.05) is 15.7 Å². The summed E-state index contributed by atoms with van der Waals surface area (Å²) >= 11 is 4.76. The maximum atomic E-state index is 13.9. The number of rotatable bonds is 3. The first kappa shape index (κ1) is 19.3. The maximum absolute atomic E-state index is 13.9. The summed E-state index contributed by atoms with van der Waals surface area (Å²) < 4.78 is 14.6. The van der Waals surface area contributed by atoms with Crippen LogP contribution in [0.1, 0.15) is 11.1 Å². The average Bonchev–Trinajstić information content (AvgIpc) is 3.20. The van der Waals surface area contributed by atoms with Crippen LogP contribution in [0.2, 0.25) is 0 Å². The summed E-state index contributed by atoms with van der Waals surface area (Å²) in [6, 6.07) is 21.1. The minimum atomic E-state index is -1.16. The van der Waals surface area contributed by atoms with Crippen molar-refractivity contribution < 1.29 is 14.0 Å². The zero-order valence-corrected chi connectivity index (χ0v) is 18.1. The van der Waals surface area contributed by atoms with Gasteiger partial charge < -0.3 is 4.90 Å². The fourth-order valence-corrected chi connectivity index (χ4v) is 5.74. The van der Waals surface area contributed by atoms with Crippen LogP contribution in [0.5, 0.6) is 0 Å². The van der Waals surface area contributed by atoms with Gasteiger partial charge in [-0.3, -0.25) is 14.5 Å². The second-order valence-electron chi connectivity index (χ2n) is 7.18. The van der Waals surface area contributed by atoms with E-state index in [1.807, 2.05) is 48.5 Å². The summed E-state index contributed by atoms with van der Waals surface area (Å²) in [7, 11) is 0. The summed E-state index contributed by atoms with van der Waals surface area (Å²) in [5.41, 5.74) is 2.89. The Balaban J connectivity index is 1.64. The molecule has 1 spiro atoms. The Labute approximate surface area is 185 Å². The first-order valence-electron chi connectivity index (χ1n) is 9.39. The molecule has 30 heavy (non-hydrogen) atoms. The molecule has 0 aromatic heterocycles. The fraction of sp³-hybridized carbons (Fsp3) is 0.130. The van der Waals surface area contributed by atoms with Gasteiger partial charge in [-0.05, 0) is 48.0 Å². The number of hydrogen-bond acceptors (Lipinski definition) is 3. The number of carbonyl (C=O) groups is 2. The van der Waals surface area contributed by atoms with Gasteiger partial charge in [0.25, 0.3) is 5.91 Å². The molecular formula is C23H16BrFN2O2S. The van der Waals surface area contributed by atoms with Crippen molar-refractivity contribution in [3.63, 3.8) is 0 Å². The summed E-state index contributed by atoms with van der Waals surface area (Å²) in [6.07, 6.45) is 0. The molecule has 2 heterocycles. The Hall–Kier alpha value is -2.64. The Morgan fingerprint density at radius 3 is 2.53 bits per heavy atom. The smallest absolute Gasteiger partial charge is 0.269 e. The molecule has 3 aromatic carbocycles. The highest BCUT2D eigenvalue weighted by molar-refractivity contribution is 9.10. The van der Waals surface area contributed by atoms with Crippen molar-refractivity contribution >= 4 is 50.9 Å². The molecule has 0 aliphatic carbocycles. The molecule has 1 saturated heterocycles. The highest BCUT2D eigenvalue weighted by Crippen LogP contribution is 2.55. The van der Waals surface area contributed by atoms with Crippen LogP contribution in [0.15, 0.2) is 77.3 Å². The van der Waals surface area contributed by atoms with Crippen LogP contribution in [0.3, 0.4) is 0 Å². The van der Waals surface area contributed by atoms with Gasteiger partial charge in [0.2, 0.25) is 10.8 Å². The molecule has 1 atom stereocenters. The highest BCUT2D eigenvalue weighted by Gasteiger charge is 2.60. The zero-order chi connectivity index (χ0) is 20.9. The molecule has 7 heteroatoms. The topological polar surface area (TPSA) is 40.6 Å². The third kappa shape index (κ3) is 2.87. The van der Waals surface area contributed by atoms with E-state index < -0.39 is 4.87 Å². The molecule has 0 bridgehead atoms. The van der Waals surface area contributed by atoms with E-state index in [2.05, 4.69) is 15.9 Å². The Bertz CT molecular complexity index is 1170. The van der Waals surface area contributed by atoms with Crippen LogP contribution in [0.25, 0.3) is 0 Å². The van der Waals surface area contributed by atoms with Gasteiger partial charge in [-0.2, -0.15) is 0 Å². The number of benzene rings is 3. The zero-order valence-electron chi connectivity index (χ0n) is 15.7. The molecule has 0 radical (unpaired) electrons. The number of thioether (sulfide) groups is 1. The largest absolute Gasteiger partial charge is 0.304 e. The molecule has 2 aliphatic rings. The monoisotopic (exact) mass is 482 g/mol. The van der Waals surface area contributed by atoms with Gasteiger partial charge in [-0.25, -0.2) is 4.39 Å². The van der Waals surface area contributed by atoms with Crippen LogP contribution in [0.4, 0.5) is 15.8 Å². The van der Waals surface area contributed by atoms with Crippen molar-refractivity contribution in [3.8, 4) is 0 Å². The molecule has 2 amide bonds. The van der Waals surface area contributed by atoms with E-state index in [-0.39, 0.29) is 29.9 Å². The fourth-order valence-electron chi connectivity index (χ4n) is 4.12. The van der Waals surface area contributed by atoms with Crippen LogP contribution in [0, 0.1) is 5.82 Å². The summed E-state index contributed by atoms with van der Waals surface area (Å²) in [6.45, 7) is 0.234. The lowest BCUT2D eigenvalue weighted by atomic mass is 10.0. The van der Waals surface area contributed by atoms with Gasteiger partial charge in [-0.15, -0.1) is 11.8 Å². The number of amides is 2. The van der Waals surface area contributed by atoms with E-state index in [1.54, 1.807) is 21.9 Å². The Morgan fingerprint density at radius 1 is 1.00 bits per heavy atom. The lowest BCUT2D eigenvalue weighted by Crippen LogP contribution is -2.49. The van der Waals surface area contributed by atoms with Gasteiger partial charge in [0.1, 0.15) is 5.82 Å².